The Morgan fingerprint density at radius 1 is 1.26 bits per heavy atom. The number of rotatable bonds is 3. The maximum atomic E-state index is 12.9. The van der Waals surface area contributed by atoms with Crippen LogP contribution in [-0.2, 0) is 0 Å². The van der Waals surface area contributed by atoms with E-state index < -0.39 is 0 Å². The third-order valence-electron chi connectivity index (χ3n) is 3.02. The van der Waals surface area contributed by atoms with Crippen LogP contribution in [0.4, 0.5) is 10.1 Å². The molecule has 3 nitrogen and oxygen atoms in total. The summed E-state index contributed by atoms with van der Waals surface area (Å²) in [5, 5.41) is 0. The van der Waals surface area contributed by atoms with Crippen LogP contribution in [0, 0.1) is 30.5 Å². The van der Waals surface area contributed by atoms with E-state index in [0.29, 0.717) is 12.1 Å². The van der Waals surface area contributed by atoms with E-state index in [1.807, 2.05) is 24.9 Å². The van der Waals surface area contributed by atoms with Crippen molar-refractivity contribution < 1.29 is 4.39 Å². The maximum Gasteiger partial charge on any atom is 0.131 e. The number of hydrogen-bond acceptors (Lipinski definition) is 3. The van der Waals surface area contributed by atoms with Crippen molar-refractivity contribution in [2.24, 2.45) is 0 Å². The minimum absolute atomic E-state index is 0.233. The molecule has 1 aromatic heterocycles. The molecule has 0 unspecified atom stereocenters. The van der Waals surface area contributed by atoms with E-state index >= 15 is 0 Å². The Bertz CT molecular complexity index is 707. The lowest BCUT2D eigenvalue weighted by Crippen LogP contribution is -2.13. The normalized spacial score (nSPS) is 9.87. The molecule has 0 radical (unpaired) electrons. The molecule has 0 saturated heterocycles. The molecule has 0 spiro atoms. The molecular weight excluding hydrogens is 289 g/mol. The van der Waals surface area contributed by atoms with Crippen molar-refractivity contribution in [3.05, 3.63) is 66.1 Å². The van der Waals surface area contributed by atoms with Crippen LogP contribution in [0.25, 0.3) is 0 Å². The minimum Gasteiger partial charge on any atom is -0.349 e. The summed E-state index contributed by atoms with van der Waals surface area (Å²) in [6, 6.07) is 6.40. The lowest BCUT2D eigenvalue weighted by molar-refractivity contribution is 0.628. The zero-order chi connectivity index (χ0) is 17.1. The molecule has 0 fully saturated rings. The lowest BCUT2D eigenvalue weighted by atomic mass is 10.2. The van der Waals surface area contributed by atoms with Gasteiger partial charge in [-0.15, -0.1) is 12.8 Å². The number of anilines is 1. The smallest absolute Gasteiger partial charge is 0.131 e. The molecule has 1 heterocycles. The van der Waals surface area contributed by atoms with Crippen molar-refractivity contribution in [3.63, 3.8) is 0 Å². The first-order chi connectivity index (χ1) is 11.2. The number of aromatic nitrogens is 2. The van der Waals surface area contributed by atoms with Crippen LogP contribution >= 0.6 is 0 Å². The molecule has 0 amide bonds. The third kappa shape index (κ3) is 6.03. The Hall–Kier alpha value is -3.11. The van der Waals surface area contributed by atoms with Crippen LogP contribution in [-0.4, -0.2) is 17.0 Å². The van der Waals surface area contributed by atoms with Crippen LogP contribution in [0.3, 0.4) is 0 Å². The van der Waals surface area contributed by atoms with Gasteiger partial charge < -0.3 is 4.90 Å². The van der Waals surface area contributed by atoms with Crippen molar-refractivity contribution >= 4 is 5.69 Å². The predicted octanol–water partition coefficient (Wildman–Crippen LogP) is 3.65. The quantitative estimate of drug-likeness (QED) is 0.811. The molecule has 2 rings (SSSR count). The summed E-state index contributed by atoms with van der Waals surface area (Å²) in [5.74, 6) is 5.75. The fourth-order valence-electron chi connectivity index (χ4n) is 1.71. The van der Waals surface area contributed by atoms with Crippen LogP contribution in [0.5, 0.6) is 0 Å². The molecule has 0 atom stereocenters. The Balaban J connectivity index is 0.00000127. The van der Waals surface area contributed by atoms with E-state index in [9.17, 15) is 4.39 Å². The summed E-state index contributed by atoms with van der Waals surface area (Å²) in [7, 11) is 1.94. The molecule has 23 heavy (non-hydrogen) atoms. The van der Waals surface area contributed by atoms with E-state index in [1.54, 1.807) is 30.7 Å². The van der Waals surface area contributed by atoms with Gasteiger partial charge in [0.1, 0.15) is 11.5 Å². The van der Waals surface area contributed by atoms with E-state index in [4.69, 9.17) is 0 Å². The first-order valence-electron chi connectivity index (χ1n) is 6.91. The predicted molar refractivity (Wildman–Crippen MR) is 92.0 cm³/mol. The van der Waals surface area contributed by atoms with Crippen molar-refractivity contribution in [2.45, 2.75) is 13.3 Å². The fraction of sp³-hybridized carbons (Fsp3) is 0.158. The van der Waals surface area contributed by atoms with Crippen LogP contribution < -0.4 is 4.90 Å². The molecule has 0 bridgehead atoms. The van der Waals surface area contributed by atoms with Gasteiger partial charge in [0.15, 0.2) is 0 Å². The highest BCUT2D eigenvalue weighted by molar-refractivity contribution is 5.50. The number of allylic oxidation sites excluding steroid dienone is 2. The molecule has 0 saturated carbocycles. The maximum absolute atomic E-state index is 12.9. The minimum atomic E-state index is -0.233. The zero-order valence-electron chi connectivity index (χ0n) is 13.2. The van der Waals surface area contributed by atoms with Crippen LogP contribution in [0.1, 0.15) is 19.0 Å². The van der Waals surface area contributed by atoms with Gasteiger partial charge >= 0.3 is 0 Å². The third-order valence-corrected chi connectivity index (χ3v) is 3.02. The van der Waals surface area contributed by atoms with E-state index in [-0.39, 0.29) is 5.82 Å². The average Bonchev–Trinajstić information content (AvgIpc) is 2.61. The fourth-order valence-corrected chi connectivity index (χ4v) is 1.71. The highest BCUT2D eigenvalue weighted by Gasteiger charge is 2.01. The molecule has 0 aliphatic carbocycles. The molecule has 4 heteroatoms. The van der Waals surface area contributed by atoms with Gasteiger partial charge in [0.25, 0.3) is 0 Å². The number of benzene rings is 1. The second kappa shape index (κ2) is 9.76. The Kier molecular flexibility index (Phi) is 7.61. The topological polar surface area (TPSA) is 29.0 Å². The molecular formula is C19H18FN3. The zero-order valence-corrected chi connectivity index (χ0v) is 13.2. The van der Waals surface area contributed by atoms with Crippen molar-refractivity contribution in [3.8, 4) is 24.7 Å². The van der Waals surface area contributed by atoms with Gasteiger partial charge in [0, 0.05) is 37.2 Å². The van der Waals surface area contributed by atoms with Gasteiger partial charge in [-0.3, -0.25) is 4.98 Å². The Morgan fingerprint density at radius 2 is 1.96 bits per heavy atom. The summed E-state index contributed by atoms with van der Waals surface area (Å²) in [6.07, 6.45) is 15.5. The van der Waals surface area contributed by atoms with E-state index in [2.05, 4.69) is 34.7 Å². The highest BCUT2D eigenvalue weighted by Crippen LogP contribution is 2.17. The molecule has 0 aliphatic rings. The second-order valence-electron chi connectivity index (χ2n) is 4.48. The number of hydrogen-bond donors (Lipinski definition) is 0. The van der Waals surface area contributed by atoms with Crippen molar-refractivity contribution in [1.82, 2.24) is 9.97 Å². The van der Waals surface area contributed by atoms with Crippen LogP contribution in [0.2, 0.25) is 0 Å². The summed E-state index contributed by atoms with van der Waals surface area (Å²) in [5.41, 5.74) is 2.65. The van der Waals surface area contributed by atoms with Gasteiger partial charge in [-0.25, -0.2) is 9.37 Å². The molecule has 0 N–H and O–H groups in total. The highest BCUT2D eigenvalue weighted by atomic mass is 19.1. The lowest BCUT2D eigenvalue weighted by Gasteiger charge is -2.19. The summed E-state index contributed by atoms with van der Waals surface area (Å²) >= 11 is 0. The Morgan fingerprint density at radius 3 is 2.57 bits per heavy atom. The molecule has 0 aliphatic heterocycles. The van der Waals surface area contributed by atoms with Gasteiger partial charge in [0.2, 0.25) is 0 Å². The average molecular weight is 307 g/mol. The number of halogens is 1. The van der Waals surface area contributed by atoms with Crippen LogP contribution in [0.15, 0.2) is 54.6 Å². The standard InChI is InChI=1S/C17H16FN3.C2H2/c1-14(21(2)17-9-7-15(18)8-10-17)5-3-4-6-16-13-19-11-12-20-16;1-2/h5,7-13H,3H2,1-2H3;1-2H/b14-5-;. The number of terminal acetylenes is 1. The van der Waals surface area contributed by atoms with E-state index in [1.165, 1.54) is 12.1 Å². The van der Waals surface area contributed by atoms with Gasteiger partial charge in [-0.05, 0) is 37.1 Å². The second-order valence-corrected chi connectivity index (χ2v) is 4.48. The summed E-state index contributed by atoms with van der Waals surface area (Å²) < 4.78 is 12.9. The largest absolute Gasteiger partial charge is 0.349 e. The molecule has 2 aromatic rings. The van der Waals surface area contributed by atoms with Gasteiger partial charge in [-0.2, -0.15) is 0 Å². The summed E-state index contributed by atoms with van der Waals surface area (Å²) in [4.78, 5) is 10.0. The van der Waals surface area contributed by atoms with Gasteiger partial charge in [-0.1, -0.05) is 12.0 Å². The Labute approximate surface area is 136 Å². The first-order valence-corrected chi connectivity index (χ1v) is 6.91. The summed E-state index contributed by atoms with van der Waals surface area (Å²) in [6.45, 7) is 1.99. The number of nitrogens with zero attached hydrogens (tertiary/aromatic N) is 3. The van der Waals surface area contributed by atoms with E-state index in [0.717, 1.165) is 11.4 Å². The first kappa shape index (κ1) is 17.9. The monoisotopic (exact) mass is 307 g/mol. The SMILES string of the molecule is C#C.C/C(=C/CC#Cc1cnccn1)N(C)c1ccc(F)cc1. The van der Waals surface area contributed by atoms with Crippen molar-refractivity contribution in [2.75, 3.05) is 11.9 Å². The molecule has 1 aromatic carbocycles. The van der Waals surface area contributed by atoms with Crippen molar-refractivity contribution in [1.29, 1.82) is 0 Å². The van der Waals surface area contributed by atoms with Gasteiger partial charge in [0.05, 0.1) is 6.20 Å². The molecule has 116 valence electrons.